The number of hydrogen-bond donors (Lipinski definition) is 1. The average Bonchev–Trinajstić information content (AvgIpc) is 3.04. The molecule has 1 N–H and O–H groups in total. The minimum atomic E-state index is -0.676. The van der Waals surface area contributed by atoms with Crippen LogP contribution in [0.2, 0.25) is 0 Å². The Morgan fingerprint density at radius 3 is 3.00 bits per heavy atom. The number of carbonyl (C=O) groups is 1. The van der Waals surface area contributed by atoms with Gasteiger partial charge < -0.3 is 9.52 Å². The van der Waals surface area contributed by atoms with Gasteiger partial charge in [-0.15, -0.1) is 0 Å². The van der Waals surface area contributed by atoms with Crippen LogP contribution in [0.5, 0.6) is 0 Å². The smallest absolute Gasteiger partial charge is 0.310 e. The van der Waals surface area contributed by atoms with Crippen LogP contribution in [-0.2, 0) is 11.3 Å². The molecule has 1 unspecified atom stereocenters. The number of aromatic nitrogens is 1. The van der Waals surface area contributed by atoms with Crippen molar-refractivity contribution in [3.05, 3.63) is 30.2 Å². The molecule has 0 amide bonds. The summed E-state index contributed by atoms with van der Waals surface area (Å²) < 4.78 is 5.72. The van der Waals surface area contributed by atoms with Crippen molar-refractivity contribution in [1.29, 1.82) is 0 Å². The largest absolute Gasteiger partial charge is 0.481 e. The third-order valence-electron chi connectivity index (χ3n) is 4.31. The number of para-hydroxylation sites is 2. The molecule has 1 aromatic heterocycles. The van der Waals surface area contributed by atoms with E-state index in [2.05, 4.69) is 9.88 Å². The Kier molecular flexibility index (Phi) is 3.68. The van der Waals surface area contributed by atoms with Crippen LogP contribution in [0.4, 0.5) is 0 Å². The summed E-state index contributed by atoms with van der Waals surface area (Å²) >= 11 is 0. The van der Waals surface area contributed by atoms with Crippen molar-refractivity contribution in [1.82, 2.24) is 9.88 Å². The lowest BCUT2D eigenvalue weighted by molar-refractivity contribution is -0.148. The Morgan fingerprint density at radius 1 is 1.48 bits per heavy atom. The van der Waals surface area contributed by atoms with Gasteiger partial charge in [-0.25, -0.2) is 4.98 Å². The first-order valence-corrected chi connectivity index (χ1v) is 7.43. The van der Waals surface area contributed by atoms with E-state index in [4.69, 9.17) is 4.42 Å². The van der Waals surface area contributed by atoms with Crippen molar-refractivity contribution in [3.8, 4) is 0 Å². The molecule has 1 fully saturated rings. The van der Waals surface area contributed by atoms with E-state index < -0.39 is 11.4 Å². The number of aliphatic carboxylic acids is 1. The molecule has 5 nitrogen and oxygen atoms in total. The number of carboxylic acid groups (broad SMARTS) is 1. The second kappa shape index (κ2) is 5.48. The van der Waals surface area contributed by atoms with Crippen LogP contribution in [0, 0.1) is 5.41 Å². The molecule has 112 valence electrons. The lowest BCUT2D eigenvalue weighted by Crippen LogP contribution is -2.34. The van der Waals surface area contributed by atoms with E-state index in [1.54, 1.807) is 0 Å². The van der Waals surface area contributed by atoms with Gasteiger partial charge in [0, 0.05) is 6.54 Å². The molecule has 1 aromatic carbocycles. The summed E-state index contributed by atoms with van der Waals surface area (Å²) in [5.41, 5.74) is 1.04. The first kappa shape index (κ1) is 14.1. The van der Waals surface area contributed by atoms with Crippen molar-refractivity contribution in [2.75, 3.05) is 13.1 Å². The number of likely N-dealkylation sites (tertiary alicyclic amines) is 1. The third-order valence-corrected chi connectivity index (χ3v) is 4.31. The number of oxazole rings is 1. The highest BCUT2D eigenvalue weighted by Crippen LogP contribution is 2.36. The quantitative estimate of drug-likeness (QED) is 0.916. The Labute approximate surface area is 123 Å². The van der Waals surface area contributed by atoms with Crippen molar-refractivity contribution in [2.45, 2.75) is 32.7 Å². The van der Waals surface area contributed by atoms with Crippen LogP contribution in [-0.4, -0.2) is 34.0 Å². The molecular formula is C16H20N2O3. The number of hydrogen-bond acceptors (Lipinski definition) is 4. The molecule has 2 aromatic rings. The van der Waals surface area contributed by atoms with Gasteiger partial charge in [0.25, 0.3) is 0 Å². The van der Waals surface area contributed by atoms with E-state index in [0.29, 0.717) is 25.4 Å². The van der Waals surface area contributed by atoms with E-state index in [-0.39, 0.29) is 0 Å². The molecule has 0 radical (unpaired) electrons. The highest BCUT2D eigenvalue weighted by atomic mass is 16.4. The number of rotatable bonds is 5. The van der Waals surface area contributed by atoms with Gasteiger partial charge in [-0.1, -0.05) is 25.5 Å². The second-order valence-corrected chi connectivity index (χ2v) is 5.87. The van der Waals surface area contributed by atoms with Gasteiger partial charge >= 0.3 is 5.97 Å². The minimum Gasteiger partial charge on any atom is -0.481 e. The fourth-order valence-corrected chi connectivity index (χ4v) is 3.24. The molecule has 1 aliphatic rings. The minimum absolute atomic E-state index is 0.577. The predicted molar refractivity (Wildman–Crippen MR) is 78.9 cm³/mol. The van der Waals surface area contributed by atoms with Crippen molar-refractivity contribution in [2.24, 2.45) is 5.41 Å². The van der Waals surface area contributed by atoms with Crippen molar-refractivity contribution >= 4 is 17.1 Å². The normalized spacial score (nSPS) is 22.9. The summed E-state index contributed by atoms with van der Waals surface area (Å²) in [5.74, 6) is -0.0155. The van der Waals surface area contributed by atoms with Crippen LogP contribution >= 0.6 is 0 Å². The average molecular weight is 288 g/mol. The molecule has 21 heavy (non-hydrogen) atoms. The Morgan fingerprint density at radius 2 is 2.29 bits per heavy atom. The van der Waals surface area contributed by atoms with E-state index in [1.165, 1.54) is 0 Å². The first-order chi connectivity index (χ1) is 10.1. The maximum absolute atomic E-state index is 11.6. The molecule has 1 saturated heterocycles. The van der Waals surface area contributed by atoms with E-state index in [1.807, 2.05) is 31.2 Å². The van der Waals surface area contributed by atoms with Gasteiger partial charge in [0.1, 0.15) is 5.52 Å². The number of carboxylic acids is 1. The molecule has 0 saturated carbocycles. The Hall–Kier alpha value is -1.88. The second-order valence-electron chi connectivity index (χ2n) is 5.87. The standard InChI is InChI=1S/C16H20N2O3/c1-2-7-16(15(19)20)8-9-18(11-16)10-14-17-12-5-3-4-6-13(12)21-14/h3-6H,2,7-11H2,1H3,(H,19,20). The molecule has 0 bridgehead atoms. The van der Waals surface area contributed by atoms with Gasteiger partial charge in [0.2, 0.25) is 5.89 Å². The van der Waals surface area contributed by atoms with Gasteiger partial charge in [0.15, 0.2) is 5.58 Å². The summed E-state index contributed by atoms with van der Waals surface area (Å²) in [7, 11) is 0. The summed E-state index contributed by atoms with van der Waals surface area (Å²) in [4.78, 5) is 18.2. The maximum Gasteiger partial charge on any atom is 0.310 e. The SMILES string of the molecule is CCCC1(C(=O)O)CCN(Cc2nc3ccccc3o2)C1. The van der Waals surface area contributed by atoms with Crippen LogP contribution in [0.15, 0.2) is 28.7 Å². The summed E-state index contributed by atoms with van der Waals surface area (Å²) in [6.07, 6.45) is 2.33. The van der Waals surface area contributed by atoms with Crippen molar-refractivity contribution < 1.29 is 14.3 Å². The number of benzene rings is 1. The monoisotopic (exact) mass is 288 g/mol. The predicted octanol–water partition coefficient (Wildman–Crippen LogP) is 2.90. The zero-order valence-corrected chi connectivity index (χ0v) is 12.2. The van der Waals surface area contributed by atoms with E-state index in [9.17, 15) is 9.90 Å². The summed E-state index contributed by atoms with van der Waals surface area (Å²) in [5, 5.41) is 9.53. The van der Waals surface area contributed by atoms with E-state index in [0.717, 1.165) is 30.5 Å². The van der Waals surface area contributed by atoms with Crippen LogP contribution in [0.1, 0.15) is 32.1 Å². The molecule has 3 rings (SSSR count). The fourth-order valence-electron chi connectivity index (χ4n) is 3.24. The zero-order valence-electron chi connectivity index (χ0n) is 12.2. The number of fused-ring (bicyclic) bond motifs is 1. The molecule has 2 heterocycles. The van der Waals surface area contributed by atoms with Gasteiger partial charge in [-0.2, -0.15) is 0 Å². The highest BCUT2D eigenvalue weighted by molar-refractivity contribution is 5.75. The van der Waals surface area contributed by atoms with Gasteiger partial charge in [0.05, 0.1) is 12.0 Å². The highest BCUT2D eigenvalue weighted by Gasteiger charge is 2.44. The molecular weight excluding hydrogens is 268 g/mol. The van der Waals surface area contributed by atoms with Crippen molar-refractivity contribution in [3.63, 3.8) is 0 Å². The summed E-state index contributed by atoms with van der Waals surface area (Å²) in [6, 6.07) is 7.67. The van der Waals surface area contributed by atoms with Gasteiger partial charge in [-0.05, 0) is 31.5 Å². The lowest BCUT2D eigenvalue weighted by Gasteiger charge is -2.23. The maximum atomic E-state index is 11.6. The third kappa shape index (κ3) is 2.65. The molecule has 5 heteroatoms. The first-order valence-electron chi connectivity index (χ1n) is 7.43. The Balaban J connectivity index is 1.73. The number of nitrogens with zero attached hydrogens (tertiary/aromatic N) is 2. The van der Waals surface area contributed by atoms with E-state index >= 15 is 0 Å². The zero-order chi connectivity index (χ0) is 14.9. The van der Waals surface area contributed by atoms with Crippen LogP contribution < -0.4 is 0 Å². The lowest BCUT2D eigenvalue weighted by atomic mass is 9.83. The summed E-state index contributed by atoms with van der Waals surface area (Å²) in [6.45, 7) is 3.97. The molecule has 1 aliphatic heterocycles. The Bertz CT molecular complexity index is 619. The topological polar surface area (TPSA) is 66.6 Å². The molecule has 1 atom stereocenters. The van der Waals surface area contributed by atoms with Crippen LogP contribution in [0.25, 0.3) is 11.1 Å². The molecule has 0 spiro atoms. The molecule has 0 aliphatic carbocycles. The van der Waals surface area contributed by atoms with Gasteiger partial charge in [-0.3, -0.25) is 9.69 Å². The van der Waals surface area contributed by atoms with Crippen LogP contribution in [0.3, 0.4) is 0 Å². The fraction of sp³-hybridized carbons (Fsp3) is 0.500.